The summed E-state index contributed by atoms with van der Waals surface area (Å²) in [6.45, 7) is 1.84. The Labute approximate surface area is 126 Å². The molecule has 0 spiro atoms. The van der Waals surface area contributed by atoms with Crippen LogP contribution in [0.4, 0.5) is 4.39 Å². The third kappa shape index (κ3) is 3.75. The van der Waals surface area contributed by atoms with Gasteiger partial charge in [-0.2, -0.15) is 5.10 Å². The summed E-state index contributed by atoms with van der Waals surface area (Å²) in [5, 5.41) is 14.9. The fourth-order valence-electron chi connectivity index (χ4n) is 1.91. The van der Waals surface area contributed by atoms with Crippen LogP contribution in [0.3, 0.4) is 0 Å². The van der Waals surface area contributed by atoms with Crippen molar-refractivity contribution in [2.75, 3.05) is 5.75 Å². The summed E-state index contributed by atoms with van der Waals surface area (Å²) in [6.07, 6.45) is -0.0815. The number of benzene rings is 1. The van der Waals surface area contributed by atoms with Gasteiger partial charge in [0.15, 0.2) is 0 Å². The van der Waals surface area contributed by atoms with Crippen molar-refractivity contribution in [2.24, 2.45) is 7.05 Å². The first-order chi connectivity index (χ1) is 9.47. The largest absolute Gasteiger partial charge is 0.392 e. The molecule has 0 amide bonds. The number of nitrogens with zero attached hydrogens (tertiary/aromatic N) is 2. The van der Waals surface area contributed by atoms with Gasteiger partial charge >= 0.3 is 0 Å². The van der Waals surface area contributed by atoms with Gasteiger partial charge in [0.25, 0.3) is 0 Å². The minimum absolute atomic E-state index is 0.257. The summed E-state index contributed by atoms with van der Waals surface area (Å²) < 4.78 is 14.5. The Morgan fingerprint density at radius 2 is 2.05 bits per heavy atom. The van der Waals surface area contributed by atoms with Crippen molar-refractivity contribution in [2.45, 2.75) is 24.3 Å². The van der Waals surface area contributed by atoms with E-state index in [9.17, 15) is 9.50 Å². The quantitative estimate of drug-likeness (QED) is 0.861. The maximum atomic E-state index is 12.8. The lowest BCUT2D eigenvalue weighted by molar-refractivity contribution is 0.197. The molecule has 20 heavy (non-hydrogen) atoms. The van der Waals surface area contributed by atoms with Crippen LogP contribution in [0.2, 0.25) is 5.02 Å². The Morgan fingerprint density at radius 3 is 2.60 bits per heavy atom. The van der Waals surface area contributed by atoms with E-state index in [1.807, 2.05) is 14.0 Å². The second kappa shape index (κ2) is 6.61. The van der Waals surface area contributed by atoms with Crippen molar-refractivity contribution in [1.82, 2.24) is 9.78 Å². The van der Waals surface area contributed by atoms with Crippen LogP contribution in [0.1, 0.15) is 11.4 Å². The number of aromatic nitrogens is 2. The van der Waals surface area contributed by atoms with Gasteiger partial charge in [0.1, 0.15) is 5.82 Å². The maximum absolute atomic E-state index is 12.8. The van der Waals surface area contributed by atoms with Crippen molar-refractivity contribution in [1.29, 1.82) is 0 Å². The molecule has 0 radical (unpaired) electrons. The monoisotopic (exact) mass is 314 g/mol. The van der Waals surface area contributed by atoms with Gasteiger partial charge in [0.05, 0.1) is 22.5 Å². The number of hydrogen-bond acceptors (Lipinski definition) is 3. The highest BCUT2D eigenvalue weighted by molar-refractivity contribution is 7.99. The number of aryl methyl sites for hydroxylation is 2. The fourth-order valence-corrected chi connectivity index (χ4v) is 2.98. The summed E-state index contributed by atoms with van der Waals surface area (Å²) in [7, 11) is 1.81. The van der Waals surface area contributed by atoms with Crippen LogP contribution in [0.25, 0.3) is 0 Å². The van der Waals surface area contributed by atoms with Crippen molar-refractivity contribution < 1.29 is 9.50 Å². The Kier molecular flexibility index (Phi) is 5.07. The fraction of sp³-hybridized carbons (Fsp3) is 0.357. The minimum Gasteiger partial charge on any atom is -0.392 e. The molecule has 1 unspecified atom stereocenters. The molecule has 3 nitrogen and oxygen atoms in total. The lowest BCUT2D eigenvalue weighted by Crippen LogP contribution is -2.16. The van der Waals surface area contributed by atoms with Gasteiger partial charge < -0.3 is 5.11 Å². The molecule has 1 atom stereocenters. The molecule has 0 aliphatic carbocycles. The lowest BCUT2D eigenvalue weighted by atomic mass is 10.2. The van der Waals surface area contributed by atoms with Crippen molar-refractivity contribution in [3.05, 3.63) is 46.5 Å². The van der Waals surface area contributed by atoms with Gasteiger partial charge in [-0.05, 0) is 31.2 Å². The molecule has 108 valence electrons. The Morgan fingerprint density at radius 1 is 1.40 bits per heavy atom. The van der Waals surface area contributed by atoms with E-state index < -0.39 is 6.10 Å². The molecule has 1 aromatic carbocycles. The predicted octanol–water partition coefficient (Wildman–Crippen LogP) is 3.22. The average Bonchev–Trinajstić information content (AvgIpc) is 2.65. The summed E-state index contributed by atoms with van der Waals surface area (Å²) in [5.74, 6) is 0.263. The van der Waals surface area contributed by atoms with Crippen LogP contribution < -0.4 is 0 Å². The molecule has 1 N–H and O–H groups in total. The molecule has 1 heterocycles. The van der Waals surface area contributed by atoms with E-state index in [-0.39, 0.29) is 5.82 Å². The third-order valence-electron chi connectivity index (χ3n) is 2.95. The van der Waals surface area contributed by atoms with E-state index >= 15 is 0 Å². The summed E-state index contributed by atoms with van der Waals surface area (Å²) in [5.41, 5.74) is 1.60. The molecule has 0 fully saturated rings. The Balaban J connectivity index is 1.92. The molecule has 0 aliphatic heterocycles. The molecule has 1 aromatic heterocycles. The van der Waals surface area contributed by atoms with E-state index in [0.29, 0.717) is 17.2 Å². The van der Waals surface area contributed by atoms with E-state index in [4.69, 9.17) is 11.6 Å². The van der Waals surface area contributed by atoms with Crippen LogP contribution in [-0.4, -0.2) is 26.7 Å². The standard InChI is InChI=1S/C14H16ClFN2OS/c1-9-14(15)13(18(2)17-9)7-11(19)8-20-12-5-3-10(16)4-6-12/h3-6,11,19H,7-8H2,1-2H3. The average molecular weight is 315 g/mol. The minimum atomic E-state index is -0.530. The van der Waals surface area contributed by atoms with Crippen molar-refractivity contribution in [3.63, 3.8) is 0 Å². The second-order valence-electron chi connectivity index (χ2n) is 4.59. The molecule has 6 heteroatoms. The summed E-state index contributed by atoms with van der Waals surface area (Å²) in [6, 6.07) is 6.23. The maximum Gasteiger partial charge on any atom is 0.123 e. The number of aliphatic hydroxyl groups is 1. The number of halogens is 2. The lowest BCUT2D eigenvalue weighted by Gasteiger charge is -2.11. The van der Waals surface area contributed by atoms with Gasteiger partial charge in [-0.15, -0.1) is 11.8 Å². The van der Waals surface area contributed by atoms with Gasteiger partial charge in [0, 0.05) is 24.1 Å². The normalized spacial score (nSPS) is 12.7. The predicted molar refractivity (Wildman–Crippen MR) is 79.8 cm³/mol. The van der Waals surface area contributed by atoms with E-state index in [1.165, 1.54) is 23.9 Å². The highest BCUT2D eigenvalue weighted by Crippen LogP contribution is 2.23. The molecule has 2 aromatic rings. The first-order valence-corrected chi connectivity index (χ1v) is 7.58. The Bertz CT molecular complexity index is 586. The third-order valence-corrected chi connectivity index (χ3v) is 4.60. The van der Waals surface area contributed by atoms with Crippen molar-refractivity contribution in [3.8, 4) is 0 Å². The first kappa shape index (κ1) is 15.4. The number of aliphatic hydroxyl groups excluding tert-OH is 1. The molecule has 0 saturated heterocycles. The highest BCUT2D eigenvalue weighted by Gasteiger charge is 2.15. The topological polar surface area (TPSA) is 38.0 Å². The van der Waals surface area contributed by atoms with E-state index in [1.54, 1.807) is 16.8 Å². The Hall–Kier alpha value is -1.04. The van der Waals surface area contributed by atoms with Crippen LogP contribution >= 0.6 is 23.4 Å². The highest BCUT2D eigenvalue weighted by atomic mass is 35.5. The molecule has 2 rings (SSSR count). The molecular weight excluding hydrogens is 299 g/mol. The van der Waals surface area contributed by atoms with Crippen LogP contribution in [0.15, 0.2) is 29.2 Å². The molecule has 0 aliphatic rings. The van der Waals surface area contributed by atoms with E-state index in [0.717, 1.165) is 16.3 Å². The first-order valence-electron chi connectivity index (χ1n) is 6.21. The van der Waals surface area contributed by atoms with Gasteiger partial charge in [-0.25, -0.2) is 4.39 Å². The van der Waals surface area contributed by atoms with Crippen LogP contribution in [-0.2, 0) is 13.5 Å². The van der Waals surface area contributed by atoms with E-state index in [2.05, 4.69) is 5.10 Å². The molecule has 0 bridgehead atoms. The summed E-state index contributed by atoms with van der Waals surface area (Å²) >= 11 is 7.64. The zero-order valence-electron chi connectivity index (χ0n) is 11.3. The van der Waals surface area contributed by atoms with Gasteiger partial charge in [-0.3, -0.25) is 4.68 Å². The number of hydrogen-bond donors (Lipinski definition) is 1. The van der Waals surface area contributed by atoms with Crippen LogP contribution in [0, 0.1) is 12.7 Å². The summed E-state index contributed by atoms with van der Waals surface area (Å²) in [4.78, 5) is 0.928. The van der Waals surface area contributed by atoms with Gasteiger partial charge in [-0.1, -0.05) is 11.6 Å². The smallest absolute Gasteiger partial charge is 0.123 e. The zero-order chi connectivity index (χ0) is 14.7. The van der Waals surface area contributed by atoms with Crippen LogP contribution in [0.5, 0.6) is 0 Å². The number of thioether (sulfide) groups is 1. The van der Waals surface area contributed by atoms with Gasteiger partial charge in [0.2, 0.25) is 0 Å². The molecular formula is C14H16ClFN2OS. The van der Waals surface area contributed by atoms with Crippen molar-refractivity contribution >= 4 is 23.4 Å². The number of rotatable bonds is 5. The second-order valence-corrected chi connectivity index (χ2v) is 6.06. The zero-order valence-corrected chi connectivity index (χ0v) is 12.9. The molecule has 0 saturated carbocycles. The SMILES string of the molecule is Cc1nn(C)c(CC(O)CSc2ccc(F)cc2)c1Cl.